The van der Waals surface area contributed by atoms with Crippen LogP contribution >= 0.6 is 0 Å². The molecule has 2 unspecified atom stereocenters. The number of carbonyl (C=O) groups is 1. The Labute approximate surface area is 128 Å². The van der Waals surface area contributed by atoms with E-state index in [4.69, 9.17) is 4.74 Å². The number of halogens is 2. The van der Waals surface area contributed by atoms with Gasteiger partial charge in [-0.3, -0.25) is 0 Å². The molecule has 0 spiro atoms. The van der Waals surface area contributed by atoms with Crippen molar-refractivity contribution in [1.29, 1.82) is 0 Å². The average Bonchev–Trinajstić information content (AvgIpc) is 2.40. The highest BCUT2D eigenvalue weighted by Gasteiger charge is 2.33. The minimum atomic E-state index is -0.931. The molecule has 0 aromatic heterocycles. The van der Waals surface area contributed by atoms with Crippen molar-refractivity contribution < 1.29 is 23.4 Å². The van der Waals surface area contributed by atoms with E-state index in [1.54, 1.807) is 20.8 Å². The standard InChI is InChI=1S/C16H21F2NO3/c1-16(2,3)22-15(21)19-7-6-11(14(20)9-19)10-4-5-12(17)13(18)8-10/h4-5,8,11,14,20H,6-7,9H2,1-3H3. The predicted octanol–water partition coefficient (Wildman–Crippen LogP) is 3.05. The Morgan fingerprint density at radius 1 is 1.32 bits per heavy atom. The number of ether oxygens (including phenoxy) is 1. The van der Waals surface area contributed by atoms with E-state index in [1.807, 2.05) is 0 Å². The number of hydrogen-bond acceptors (Lipinski definition) is 3. The lowest BCUT2D eigenvalue weighted by Crippen LogP contribution is -2.47. The van der Waals surface area contributed by atoms with Crippen molar-refractivity contribution in [1.82, 2.24) is 4.90 Å². The Morgan fingerprint density at radius 2 is 2.00 bits per heavy atom. The fourth-order valence-electron chi connectivity index (χ4n) is 2.56. The lowest BCUT2D eigenvalue weighted by atomic mass is 9.87. The number of likely N-dealkylation sites (tertiary alicyclic amines) is 1. The molecule has 122 valence electrons. The average molecular weight is 313 g/mol. The van der Waals surface area contributed by atoms with Gasteiger partial charge in [0, 0.05) is 12.5 Å². The molecule has 1 aromatic rings. The minimum absolute atomic E-state index is 0.110. The van der Waals surface area contributed by atoms with Gasteiger partial charge in [0.05, 0.1) is 12.6 Å². The third-order valence-corrected chi connectivity index (χ3v) is 3.61. The molecule has 1 N–H and O–H groups in total. The molecule has 22 heavy (non-hydrogen) atoms. The first-order chi connectivity index (χ1) is 10.2. The van der Waals surface area contributed by atoms with Crippen molar-refractivity contribution in [3.63, 3.8) is 0 Å². The van der Waals surface area contributed by atoms with Gasteiger partial charge in [-0.05, 0) is 44.9 Å². The van der Waals surface area contributed by atoms with Crippen LogP contribution in [0.25, 0.3) is 0 Å². The number of nitrogens with zero attached hydrogens (tertiary/aromatic N) is 1. The quantitative estimate of drug-likeness (QED) is 0.867. The molecule has 0 aliphatic carbocycles. The Hall–Kier alpha value is -1.69. The maximum Gasteiger partial charge on any atom is 0.410 e. The SMILES string of the molecule is CC(C)(C)OC(=O)N1CCC(c2ccc(F)c(F)c2)C(O)C1. The van der Waals surface area contributed by atoms with Gasteiger partial charge < -0.3 is 14.7 Å². The van der Waals surface area contributed by atoms with Crippen molar-refractivity contribution in [3.8, 4) is 0 Å². The van der Waals surface area contributed by atoms with E-state index in [0.717, 1.165) is 12.1 Å². The molecule has 1 saturated heterocycles. The van der Waals surface area contributed by atoms with Crippen LogP contribution in [0.3, 0.4) is 0 Å². The molecule has 1 amide bonds. The normalized spacial score (nSPS) is 22.5. The highest BCUT2D eigenvalue weighted by atomic mass is 19.2. The van der Waals surface area contributed by atoms with Crippen LogP contribution in [0.5, 0.6) is 0 Å². The topological polar surface area (TPSA) is 49.8 Å². The lowest BCUT2D eigenvalue weighted by molar-refractivity contribution is -0.00155. The molecular weight excluding hydrogens is 292 g/mol. The van der Waals surface area contributed by atoms with Gasteiger partial charge in [-0.15, -0.1) is 0 Å². The number of aliphatic hydroxyl groups excluding tert-OH is 1. The predicted molar refractivity (Wildman–Crippen MR) is 77.5 cm³/mol. The van der Waals surface area contributed by atoms with Crippen molar-refractivity contribution in [2.45, 2.75) is 44.8 Å². The fourth-order valence-corrected chi connectivity index (χ4v) is 2.56. The van der Waals surface area contributed by atoms with Crippen molar-refractivity contribution in [2.24, 2.45) is 0 Å². The summed E-state index contributed by atoms with van der Waals surface area (Å²) in [5, 5.41) is 10.2. The van der Waals surface area contributed by atoms with Crippen LogP contribution in [0, 0.1) is 11.6 Å². The molecule has 2 atom stereocenters. The van der Waals surface area contributed by atoms with Gasteiger partial charge in [0.2, 0.25) is 0 Å². The zero-order valence-electron chi connectivity index (χ0n) is 13.0. The first-order valence-electron chi connectivity index (χ1n) is 7.28. The molecule has 2 rings (SSSR count). The van der Waals surface area contributed by atoms with Crippen LogP contribution in [-0.2, 0) is 4.74 Å². The molecule has 1 aliphatic heterocycles. The first kappa shape index (κ1) is 16.7. The molecule has 1 aromatic carbocycles. The Bertz CT molecular complexity index is 557. The second-order valence-electron chi connectivity index (χ2n) is 6.56. The zero-order valence-corrected chi connectivity index (χ0v) is 13.0. The first-order valence-corrected chi connectivity index (χ1v) is 7.28. The summed E-state index contributed by atoms with van der Waals surface area (Å²) in [6.45, 7) is 5.83. The van der Waals surface area contributed by atoms with E-state index in [-0.39, 0.29) is 12.5 Å². The fraction of sp³-hybridized carbons (Fsp3) is 0.562. The summed E-state index contributed by atoms with van der Waals surface area (Å²) in [6, 6.07) is 3.62. The summed E-state index contributed by atoms with van der Waals surface area (Å²) in [7, 11) is 0. The van der Waals surface area contributed by atoms with Crippen molar-refractivity contribution in [2.75, 3.05) is 13.1 Å². The van der Waals surface area contributed by atoms with Gasteiger partial charge in [-0.25, -0.2) is 13.6 Å². The van der Waals surface area contributed by atoms with Gasteiger partial charge in [0.1, 0.15) is 5.60 Å². The maximum atomic E-state index is 13.3. The molecule has 1 heterocycles. The van der Waals surface area contributed by atoms with Crippen LogP contribution in [0.15, 0.2) is 18.2 Å². The highest BCUT2D eigenvalue weighted by molar-refractivity contribution is 5.68. The van der Waals surface area contributed by atoms with E-state index < -0.39 is 29.4 Å². The van der Waals surface area contributed by atoms with Gasteiger partial charge in [0.25, 0.3) is 0 Å². The molecule has 1 fully saturated rings. The zero-order chi connectivity index (χ0) is 16.5. The van der Waals surface area contributed by atoms with E-state index >= 15 is 0 Å². The summed E-state index contributed by atoms with van der Waals surface area (Å²) in [5.74, 6) is -2.17. The number of benzene rings is 1. The number of piperidine rings is 1. The third-order valence-electron chi connectivity index (χ3n) is 3.61. The molecular formula is C16H21F2NO3. The molecule has 0 bridgehead atoms. The van der Waals surface area contributed by atoms with Gasteiger partial charge in [0.15, 0.2) is 11.6 Å². The third kappa shape index (κ3) is 3.94. The summed E-state index contributed by atoms with van der Waals surface area (Å²) in [6.07, 6.45) is -0.854. The van der Waals surface area contributed by atoms with Crippen molar-refractivity contribution >= 4 is 6.09 Å². The molecule has 0 saturated carbocycles. The number of rotatable bonds is 1. The van der Waals surface area contributed by atoms with E-state index in [1.165, 1.54) is 11.0 Å². The Morgan fingerprint density at radius 3 is 2.55 bits per heavy atom. The number of β-amino-alcohol motifs (C(OH)–C–C–N with tert-alkyl or cyclic N) is 1. The summed E-state index contributed by atoms with van der Waals surface area (Å²) in [5.41, 5.74) is -0.0610. The van der Waals surface area contributed by atoms with Gasteiger partial charge in [-0.1, -0.05) is 6.07 Å². The molecule has 6 heteroatoms. The smallest absolute Gasteiger partial charge is 0.410 e. The maximum absolute atomic E-state index is 13.3. The minimum Gasteiger partial charge on any atom is -0.444 e. The van der Waals surface area contributed by atoms with Crippen LogP contribution in [0.1, 0.15) is 38.7 Å². The number of hydrogen-bond donors (Lipinski definition) is 1. The van der Waals surface area contributed by atoms with E-state index in [0.29, 0.717) is 18.5 Å². The summed E-state index contributed by atoms with van der Waals surface area (Å²) >= 11 is 0. The number of carbonyl (C=O) groups excluding carboxylic acids is 1. The number of amides is 1. The number of aliphatic hydroxyl groups is 1. The highest BCUT2D eigenvalue weighted by Crippen LogP contribution is 2.30. The lowest BCUT2D eigenvalue weighted by Gasteiger charge is -2.36. The molecule has 0 radical (unpaired) electrons. The van der Waals surface area contributed by atoms with Gasteiger partial charge in [-0.2, -0.15) is 0 Å². The Balaban J connectivity index is 2.03. The summed E-state index contributed by atoms with van der Waals surface area (Å²) < 4.78 is 31.6. The van der Waals surface area contributed by atoms with Gasteiger partial charge >= 0.3 is 6.09 Å². The van der Waals surface area contributed by atoms with Crippen LogP contribution in [-0.4, -0.2) is 40.9 Å². The molecule has 1 aliphatic rings. The Kier molecular flexibility index (Phi) is 4.70. The molecule has 4 nitrogen and oxygen atoms in total. The van der Waals surface area contributed by atoms with E-state index in [9.17, 15) is 18.7 Å². The van der Waals surface area contributed by atoms with Crippen LogP contribution in [0.4, 0.5) is 13.6 Å². The second kappa shape index (κ2) is 6.20. The largest absolute Gasteiger partial charge is 0.444 e. The van der Waals surface area contributed by atoms with E-state index in [2.05, 4.69) is 0 Å². The van der Waals surface area contributed by atoms with Crippen molar-refractivity contribution in [3.05, 3.63) is 35.4 Å². The second-order valence-corrected chi connectivity index (χ2v) is 6.56. The van der Waals surface area contributed by atoms with Crippen LogP contribution in [0.2, 0.25) is 0 Å². The van der Waals surface area contributed by atoms with Crippen LogP contribution < -0.4 is 0 Å². The summed E-state index contributed by atoms with van der Waals surface area (Å²) in [4.78, 5) is 13.4. The monoisotopic (exact) mass is 313 g/mol.